The average Bonchev–Trinajstić information content (AvgIpc) is 2.85. The number of nitrogens with zero attached hydrogens (tertiary/aromatic N) is 2. The maximum absolute atomic E-state index is 11.7. The second-order valence-corrected chi connectivity index (χ2v) is 4.51. The fraction of sp³-hybridized carbons (Fsp3) is 0.357. The quantitative estimate of drug-likeness (QED) is 0.844. The Morgan fingerprint density at radius 2 is 2.05 bits per heavy atom. The Morgan fingerprint density at radius 1 is 1.40 bits per heavy atom. The molecule has 6 heteroatoms. The molecule has 1 aliphatic rings. The molecule has 20 heavy (non-hydrogen) atoms. The Labute approximate surface area is 116 Å². The van der Waals surface area contributed by atoms with Gasteiger partial charge in [-0.3, -0.25) is 5.01 Å². The summed E-state index contributed by atoms with van der Waals surface area (Å²) in [4.78, 5) is 23.0. The van der Waals surface area contributed by atoms with E-state index in [4.69, 9.17) is 4.74 Å². The van der Waals surface area contributed by atoms with E-state index in [9.17, 15) is 14.7 Å². The second kappa shape index (κ2) is 5.73. The predicted molar refractivity (Wildman–Crippen MR) is 73.8 cm³/mol. The van der Waals surface area contributed by atoms with E-state index < -0.39 is 18.0 Å². The number of hydrogen-bond acceptors (Lipinski definition) is 5. The van der Waals surface area contributed by atoms with Crippen molar-refractivity contribution in [2.45, 2.75) is 26.3 Å². The first kappa shape index (κ1) is 14.0. The molecule has 0 aliphatic carbocycles. The minimum atomic E-state index is -1.02. The lowest BCUT2D eigenvalue weighted by molar-refractivity contribution is -0.138. The molecule has 6 nitrogen and oxygen atoms in total. The molecule has 0 fully saturated rings. The Bertz CT molecular complexity index is 551. The maximum Gasteiger partial charge on any atom is 0.354 e. The molecule has 1 aliphatic heterocycles. The van der Waals surface area contributed by atoms with Gasteiger partial charge >= 0.3 is 11.9 Å². The third kappa shape index (κ3) is 2.79. The molecule has 1 N–H and O–H groups in total. The fourth-order valence-corrected chi connectivity index (χ4v) is 1.98. The van der Waals surface area contributed by atoms with E-state index in [1.165, 1.54) is 5.01 Å². The highest BCUT2D eigenvalue weighted by Crippen LogP contribution is 2.25. The number of ether oxygens (including phenoxy) is 1. The summed E-state index contributed by atoms with van der Waals surface area (Å²) in [6.45, 7) is 3.87. The summed E-state index contributed by atoms with van der Waals surface area (Å²) in [6, 6.07) is 6.42. The first-order chi connectivity index (χ1) is 9.52. The highest BCUT2D eigenvalue weighted by molar-refractivity contribution is 6.38. The lowest BCUT2D eigenvalue weighted by atomic mass is 10.1. The first-order valence-corrected chi connectivity index (χ1v) is 6.36. The van der Waals surface area contributed by atoms with E-state index in [2.05, 4.69) is 5.10 Å². The van der Waals surface area contributed by atoms with Crippen LogP contribution in [0.2, 0.25) is 0 Å². The van der Waals surface area contributed by atoms with Crippen molar-refractivity contribution in [1.29, 1.82) is 0 Å². The molecule has 0 amide bonds. The van der Waals surface area contributed by atoms with Crippen LogP contribution in [-0.4, -0.2) is 35.4 Å². The summed E-state index contributed by atoms with van der Waals surface area (Å²) in [6.07, 6.45) is 0.0437. The molecule has 0 saturated carbocycles. The van der Waals surface area contributed by atoms with Gasteiger partial charge < -0.3 is 9.84 Å². The molecule has 2 rings (SSSR count). The molecule has 106 valence electrons. The summed E-state index contributed by atoms with van der Waals surface area (Å²) < 4.78 is 4.87. The topological polar surface area (TPSA) is 79.2 Å². The minimum absolute atomic E-state index is 0.0437. The van der Waals surface area contributed by atoms with Crippen LogP contribution in [-0.2, 0) is 14.3 Å². The van der Waals surface area contributed by atoms with E-state index in [-0.39, 0.29) is 18.7 Å². The predicted octanol–water partition coefficient (Wildman–Crippen LogP) is 1.58. The number of anilines is 1. The molecule has 0 aromatic heterocycles. The van der Waals surface area contributed by atoms with Gasteiger partial charge in [0, 0.05) is 6.42 Å². The average molecular weight is 276 g/mol. The number of hydrazone groups is 1. The van der Waals surface area contributed by atoms with E-state index in [0.29, 0.717) is 5.69 Å². The third-order valence-corrected chi connectivity index (χ3v) is 3.00. The van der Waals surface area contributed by atoms with Gasteiger partial charge in [0.1, 0.15) is 5.71 Å². The smallest absolute Gasteiger partial charge is 0.354 e. The summed E-state index contributed by atoms with van der Waals surface area (Å²) in [7, 11) is 0. The van der Waals surface area contributed by atoms with Crippen LogP contribution in [0.1, 0.15) is 18.9 Å². The molecule has 0 saturated heterocycles. The molecular weight excluding hydrogens is 260 g/mol. The lowest BCUT2D eigenvalue weighted by Crippen LogP contribution is -2.34. The van der Waals surface area contributed by atoms with Gasteiger partial charge in [0.25, 0.3) is 0 Å². The lowest BCUT2D eigenvalue weighted by Gasteiger charge is -2.19. The van der Waals surface area contributed by atoms with Crippen LogP contribution in [0.15, 0.2) is 29.4 Å². The van der Waals surface area contributed by atoms with E-state index in [1.807, 2.05) is 19.1 Å². The van der Waals surface area contributed by atoms with Gasteiger partial charge in [-0.15, -0.1) is 0 Å². The summed E-state index contributed by atoms with van der Waals surface area (Å²) in [5.41, 5.74) is 1.84. The zero-order valence-corrected chi connectivity index (χ0v) is 11.4. The van der Waals surface area contributed by atoms with Crippen LogP contribution in [0.3, 0.4) is 0 Å². The van der Waals surface area contributed by atoms with Crippen LogP contribution < -0.4 is 5.01 Å². The summed E-state index contributed by atoms with van der Waals surface area (Å²) in [5.74, 6) is -1.58. The van der Waals surface area contributed by atoms with Crippen molar-refractivity contribution in [2.24, 2.45) is 5.10 Å². The number of aryl methyl sites for hydroxylation is 1. The van der Waals surface area contributed by atoms with Crippen molar-refractivity contribution in [3.8, 4) is 0 Å². The molecule has 0 radical (unpaired) electrons. The van der Waals surface area contributed by atoms with Crippen LogP contribution >= 0.6 is 0 Å². The van der Waals surface area contributed by atoms with E-state index in [0.717, 1.165) is 5.56 Å². The number of esters is 1. The Hall–Kier alpha value is -2.37. The van der Waals surface area contributed by atoms with E-state index in [1.54, 1.807) is 19.1 Å². The molecule has 0 bridgehead atoms. The number of carboxylic acid groups (broad SMARTS) is 1. The molecule has 1 aromatic rings. The summed E-state index contributed by atoms with van der Waals surface area (Å²) >= 11 is 0. The Balaban J connectivity index is 2.29. The minimum Gasteiger partial charge on any atom is -0.480 e. The van der Waals surface area contributed by atoms with E-state index >= 15 is 0 Å². The van der Waals surface area contributed by atoms with Crippen molar-refractivity contribution in [1.82, 2.24) is 0 Å². The molecule has 0 unspecified atom stereocenters. The van der Waals surface area contributed by atoms with Gasteiger partial charge in [-0.1, -0.05) is 17.7 Å². The number of carbonyl (C=O) groups excluding carboxylic acids is 1. The van der Waals surface area contributed by atoms with Crippen molar-refractivity contribution in [3.05, 3.63) is 29.8 Å². The number of carboxylic acids is 1. The second-order valence-electron chi connectivity index (χ2n) is 4.51. The fourth-order valence-electron chi connectivity index (χ4n) is 1.98. The zero-order valence-electron chi connectivity index (χ0n) is 11.4. The van der Waals surface area contributed by atoms with Gasteiger partial charge in [0.05, 0.1) is 12.3 Å². The van der Waals surface area contributed by atoms with Crippen LogP contribution in [0, 0.1) is 6.92 Å². The Morgan fingerprint density at radius 3 is 2.60 bits per heavy atom. The molecule has 0 spiro atoms. The number of hydrogen-bond donors (Lipinski definition) is 1. The zero-order chi connectivity index (χ0) is 14.7. The largest absolute Gasteiger partial charge is 0.480 e. The van der Waals surface area contributed by atoms with Crippen LogP contribution in [0.25, 0.3) is 0 Å². The molecule has 1 aromatic carbocycles. The number of carbonyl (C=O) groups is 2. The van der Waals surface area contributed by atoms with Crippen molar-refractivity contribution < 1.29 is 19.4 Å². The highest BCUT2D eigenvalue weighted by atomic mass is 16.5. The summed E-state index contributed by atoms with van der Waals surface area (Å²) in [5, 5.41) is 14.7. The Kier molecular flexibility index (Phi) is 4.02. The van der Waals surface area contributed by atoms with Crippen LogP contribution in [0.4, 0.5) is 5.69 Å². The van der Waals surface area contributed by atoms with Crippen LogP contribution in [0.5, 0.6) is 0 Å². The van der Waals surface area contributed by atoms with Gasteiger partial charge in [-0.2, -0.15) is 5.10 Å². The standard InChI is InChI=1S/C14H16N2O4/c1-3-20-14(19)11-8-12(13(17)18)16(15-11)10-6-4-9(2)5-7-10/h4-7,12H,3,8H2,1-2H3,(H,17,18)/t12-/m1/s1. The van der Waals surface area contributed by atoms with Crippen molar-refractivity contribution >= 4 is 23.3 Å². The van der Waals surface area contributed by atoms with Gasteiger partial charge in [-0.25, -0.2) is 9.59 Å². The number of aliphatic carboxylic acids is 1. The third-order valence-electron chi connectivity index (χ3n) is 3.00. The number of rotatable bonds is 4. The van der Waals surface area contributed by atoms with Gasteiger partial charge in [-0.05, 0) is 26.0 Å². The van der Waals surface area contributed by atoms with Gasteiger partial charge in [0.15, 0.2) is 6.04 Å². The SMILES string of the molecule is CCOC(=O)C1=NN(c2ccc(C)cc2)[C@@H](C(=O)O)C1. The molecular formula is C14H16N2O4. The normalized spacial score (nSPS) is 17.8. The maximum atomic E-state index is 11.7. The molecule has 1 heterocycles. The monoisotopic (exact) mass is 276 g/mol. The highest BCUT2D eigenvalue weighted by Gasteiger charge is 2.36. The van der Waals surface area contributed by atoms with Crippen molar-refractivity contribution in [3.63, 3.8) is 0 Å². The number of benzene rings is 1. The van der Waals surface area contributed by atoms with Crippen molar-refractivity contribution in [2.75, 3.05) is 11.6 Å². The molecule has 1 atom stereocenters. The van der Waals surface area contributed by atoms with Gasteiger partial charge in [0.2, 0.25) is 0 Å². The first-order valence-electron chi connectivity index (χ1n) is 6.36.